The molecule has 1 amide bonds. The number of piperidine rings is 1. The highest BCUT2D eigenvalue weighted by atomic mass is 32.2. The summed E-state index contributed by atoms with van der Waals surface area (Å²) in [6.07, 6.45) is 5.45. The molecule has 3 aromatic rings. The quantitative estimate of drug-likeness (QED) is 0.317. The third-order valence-corrected chi connectivity index (χ3v) is 7.46. The van der Waals surface area contributed by atoms with Gasteiger partial charge in [-0.2, -0.15) is 0 Å². The third-order valence-electron chi connectivity index (χ3n) is 6.48. The van der Waals surface area contributed by atoms with Gasteiger partial charge in [0.1, 0.15) is 5.60 Å². The number of benzene rings is 2. The van der Waals surface area contributed by atoms with E-state index in [4.69, 9.17) is 0 Å². The number of nitrogens with zero attached hydrogens (tertiary/aromatic N) is 1. The molecule has 4 rings (SSSR count). The van der Waals surface area contributed by atoms with Crippen molar-refractivity contribution in [3.63, 3.8) is 0 Å². The first-order chi connectivity index (χ1) is 16.8. The highest BCUT2D eigenvalue weighted by Gasteiger charge is 2.27. The Labute approximate surface area is 212 Å². The Balaban J connectivity index is 1.51. The first-order valence-electron chi connectivity index (χ1n) is 12.4. The van der Waals surface area contributed by atoms with Gasteiger partial charge in [0.25, 0.3) is 0 Å². The maximum atomic E-state index is 13.6. The summed E-state index contributed by atoms with van der Waals surface area (Å²) in [4.78, 5) is 20.0. The number of hydrogen-bond donors (Lipinski definition) is 3. The first-order valence-corrected chi connectivity index (χ1v) is 13.2. The molecule has 0 bridgehead atoms. The zero-order chi connectivity index (χ0) is 24.8. The lowest BCUT2D eigenvalue weighted by atomic mass is 9.97. The molecule has 0 saturated carbocycles. The molecule has 0 aliphatic carbocycles. The number of amides is 1. The molecule has 1 fully saturated rings. The SMILES string of the molecule is CC1CCN(C(=O)C(CCc2ccccc2C#CC(C)(C)O)NSc2cccc3[nH]ccc23)CC1. The Kier molecular flexibility index (Phi) is 8.22. The smallest absolute Gasteiger partial charge is 0.240 e. The van der Waals surface area contributed by atoms with Gasteiger partial charge in [0.05, 0.1) is 6.04 Å². The second kappa shape index (κ2) is 11.3. The molecule has 2 aromatic carbocycles. The van der Waals surface area contributed by atoms with E-state index in [1.807, 2.05) is 35.4 Å². The van der Waals surface area contributed by atoms with E-state index in [1.165, 1.54) is 11.9 Å². The molecule has 2 heterocycles. The summed E-state index contributed by atoms with van der Waals surface area (Å²) in [6, 6.07) is 15.9. The van der Waals surface area contributed by atoms with Crippen LogP contribution in [0.15, 0.2) is 59.6 Å². The summed E-state index contributed by atoms with van der Waals surface area (Å²) in [6.45, 7) is 7.27. The van der Waals surface area contributed by atoms with E-state index in [-0.39, 0.29) is 11.9 Å². The van der Waals surface area contributed by atoms with Gasteiger partial charge in [-0.15, -0.1) is 0 Å². The Morgan fingerprint density at radius 1 is 1.20 bits per heavy atom. The van der Waals surface area contributed by atoms with Gasteiger partial charge in [-0.05, 0) is 87.2 Å². The van der Waals surface area contributed by atoms with Crippen molar-refractivity contribution in [1.29, 1.82) is 0 Å². The Morgan fingerprint density at radius 3 is 2.74 bits per heavy atom. The first kappa shape index (κ1) is 25.4. The summed E-state index contributed by atoms with van der Waals surface area (Å²) in [5, 5.41) is 11.2. The van der Waals surface area contributed by atoms with Crippen LogP contribution in [-0.4, -0.2) is 45.6 Å². The minimum absolute atomic E-state index is 0.172. The summed E-state index contributed by atoms with van der Waals surface area (Å²) in [5.41, 5.74) is 2.03. The number of nitrogens with one attached hydrogen (secondary N) is 2. The average molecular weight is 490 g/mol. The maximum Gasteiger partial charge on any atom is 0.240 e. The summed E-state index contributed by atoms with van der Waals surface area (Å²) in [7, 11) is 0. The van der Waals surface area contributed by atoms with E-state index in [0.717, 1.165) is 59.3 Å². The fourth-order valence-corrected chi connectivity index (χ4v) is 5.27. The van der Waals surface area contributed by atoms with Crippen molar-refractivity contribution in [2.24, 2.45) is 5.92 Å². The van der Waals surface area contributed by atoms with Crippen molar-refractivity contribution >= 4 is 28.8 Å². The Morgan fingerprint density at radius 2 is 1.97 bits per heavy atom. The number of hydrogen-bond acceptors (Lipinski definition) is 4. The Bertz CT molecular complexity index is 1210. The van der Waals surface area contributed by atoms with Gasteiger partial charge in [0, 0.05) is 40.6 Å². The number of aryl methyl sites for hydroxylation is 1. The maximum absolute atomic E-state index is 13.6. The standard InChI is InChI=1S/C29H35N3O2S/c1-21-15-19-32(20-16-21)28(33)26(31-35-27-10-6-9-25-24(27)14-18-30-25)12-11-22-7-4-5-8-23(22)13-17-29(2,3)34/h4-10,14,18,21,26,30-31,34H,11-12,15-16,19-20H2,1-3H3. The van der Waals surface area contributed by atoms with Gasteiger partial charge in [-0.1, -0.05) is 43.0 Å². The molecule has 184 valence electrons. The van der Waals surface area contributed by atoms with E-state index in [2.05, 4.69) is 52.7 Å². The highest BCUT2D eigenvalue weighted by Crippen LogP contribution is 2.27. The van der Waals surface area contributed by atoms with Crippen LogP contribution in [0.3, 0.4) is 0 Å². The van der Waals surface area contributed by atoms with Crippen molar-refractivity contribution in [2.75, 3.05) is 13.1 Å². The lowest BCUT2D eigenvalue weighted by molar-refractivity contribution is -0.134. The second-order valence-corrected chi connectivity index (χ2v) is 10.9. The number of aromatic amines is 1. The van der Waals surface area contributed by atoms with Gasteiger partial charge >= 0.3 is 0 Å². The highest BCUT2D eigenvalue weighted by molar-refractivity contribution is 7.97. The average Bonchev–Trinajstić information content (AvgIpc) is 3.33. The van der Waals surface area contributed by atoms with Crippen LogP contribution >= 0.6 is 11.9 Å². The van der Waals surface area contributed by atoms with Crippen molar-refractivity contribution in [3.8, 4) is 11.8 Å². The fourth-order valence-electron chi connectivity index (χ4n) is 4.34. The number of H-pyrrole nitrogens is 1. The fraction of sp³-hybridized carbons (Fsp3) is 0.414. The predicted molar refractivity (Wildman–Crippen MR) is 144 cm³/mol. The molecule has 5 nitrogen and oxygen atoms in total. The number of fused-ring (bicyclic) bond motifs is 1. The van der Waals surface area contributed by atoms with Crippen LogP contribution in [0.25, 0.3) is 10.9 Å². The normalized spacial score (nSPS) is 15.6. The van der Waals surface area contributed by atoms with Crippen molar-refractivity contribution < 1.29 is 9.90 Å². The van der Waals surface area contributed by atoms with E-state index in [1.54, 1.807) is 13.8 Å². The summed E-state index contributed by atoms with van der Waals surface area (Å²) >= 11 is 1.53. The molecule has 0 radical (unpaired) electrons. The van der Waals surface area contributed by atoms with Gasteiger partial charge < -0.3 is 15.0 Å². The molecule has 3 N–H and O–H groups in total. The lowest BCUT2D eigenvalue weighted by Gasteiger charge is -2.33. The van der Waals surface area contributed by atoms with Gasteiger partial charge in [0.2, 0.25) is 5.91 Å². The number of carbonyl (C=O) groups is 1. The largest absolute Gasteiger partial charge is 0.378 e. The number of aliphatic hydroxyl groups is 1. The summed E-state index contributed by atoms with van der Waals surface area (Å²) < 4.78 is 3.51. The summed E-state index contributed by atoms with van der Waals surface area (Å²) in [5.74, 6) is 6.88. The molecule has 1 aromatic heterocycles. The van der Waals surface area contributed by atoms with E-state index in [0.29, 0.717) is 12.3 Å². The molecule has 6 heteroatoms. The van der Waals surface area contributed by atoms with Gasteiger partial charge in [0.15, 0.2) is 0 Å². The zero-order valence-corrected chi connectivity index (χ0v) is 21.6. The molecule has 1 aliphatic heterocycles. The van der Waals surface area contributed by atoms with Crippen LogP contribution in [0.2, 0.25) is 0 Å². The molecule has 1 saturated heterocycles. The van der Waals surface area contributed by atoms with Gasteiger partial charge in [-0.25, -0.2) is 4.72 Å². The van der Waals surface area contributed by atoms with Crippen molar-refractivity contribution in [3.05, 3.63) is 65.9 Å². The molecule has 1 atom stereocenters. The second-order valence-electron chi connectivity index (χ2n) is 9.98. The van der Waals surface area contributed by atoms with E-state index < -0.39 is 5.60 Å². The molecular weight excluding hydrogens is 454 g/mol. The van der Waals surface area contributed by atoms with Crippen molar-refractivity contribution in [2.45, 2.75) is 63.0 Å². The monoisotopic (exact) mass is 489 g/mol. The minimum Gasteiger partial charge on any atom is -0.378 e. The number of likely N-dealkylation sites (tertiary alicyclic amines) is 1. The Hall–Kier alpha value is -2.72. The number of rotatable bonds is 7. The zero-order valence-electron chi connectivity index (χ0n) is 20.8. The molecule has 1 unspecified atom stereocenters. The van der Waals surface area contributed by atoms with Crippen molar-refractivity contribution in [1.82, 2.24) is 14.6 Å². The molecule has 1 aliphatic rings. The number of carbonyl (C=O) groups excluding carboxylic acids is 1. The van der Waals surface area contributed by atoms with Crippen LogP contribution in [0.1, 0.15) is 51.2 Å². The molecule has 35 heavy (non-hydrogen) atoms. The predicted octanol–water partition coefficient (Wildman–Crippen LogP) is 5.15. The topological polar surface area (TPSA) is 68.4 Å². The van der Waals surface area contributed by atoms with Crippen LogP contribution in [0, 0.1) is 17.8 Å². The van der Waals surface area contributed by atoms with E-state index >= 15 is 0 Å². The lowest BCUT2D eigenvalue weighted by Crippen LogP contribution is -2.47. The minimum atomic E-state index is -1.05. The van der Waals surface area contributed by atoms with Crippen LogP contribution in [-0.2, 0) is 11.2 Å². The van der Waals surface area contributed by atoms with Gasteiger partial charge in [-0.3, -0.25) is 4.79 Å². The number of aromatic nitrogens is 1. The van der Waals surface area contributed by atoms with E-state index in [9.17, 15) is 9.90 Å². The molecule has 0 spiro atoms. The molecular formula is C29H35N3O2S. The van der Waals surface area contributed by atoms with Crippen LogP contribution < -0.4 is 4.72 Å². The third kappa shape index (κ3) is 6.91. The van der Waals surface area contributed by atoms with Crippen LogP contribution in [0.5, 0.6) is 0 Å². The van der Waals surface area contributed by atoms with Crippen LogP contribution in [0.4, 0.5) is 0 Å².